The van der Waals surface area contributed by atoms with Crippen LogP contribution < -0.4 is 5.32 Å². The second-order valence-corrected chi connectivity index (χ2v) is 5.14. The topological polar surface area (TPSA) is 58.6 Å². The monoisotopic (exact) mass is 271 g/mol. The van der Waals surface area contributed by atoms with Gasteiger partial charge in [-0.3, -0.25) is 4.79 Å². The smallest absolute Gasteiger partial charge is 0.220 e. The second-order valence-electron chi connectivity index (χ2n) is 4.36. The van der Waals surface area contributed by atoms with Crippen LogP contribution in [0.2, 0.25) is 0 Å². The van der Waals surface area contributed by atoms with Crippen LogP contribution in [0.25, 0.3) is 0 Å². The van der Waals surface area contributed by atoms with Crippen molar-refractivity contribution < 1.29 is 14.6 Å². The van der Waals surface area contributed by atoms with Crippen LogP contribution in [0.1, 0.15) is 32.3 Å². The van der Waals surface area contributed by atoms with Crippen LogP contribution in [0.4, 0.5) is 0 Å². The van der Waals surface area contributed by atoms with Crippen molar-refractivity contribution >= 4 is 17.2 Å². The maximum absolute atomic E-state index is 11.5. The van der Waals surface area contributed by atoms with Crippen molar-refractivity contribution in [3.8, 4) is 0 Å². The van der Waals surface area contributed by atoms with Gasteiger partial charge >= 0.3 is 0 Å². The first-order valence-electron chi connectivity index (χ1n) is 6.15. The lowest BCUT2D eigenvalue weighted by Crippen LogP contribution is -2.38. The van der Waals surface area contributed by atoms with E-state index >= 15 is 0 Å². The van der Waals surface area contributed by atoms with Crippen molar-refractivity contribution in [3.63, 3.8) is 0 Å². The van der Waals surface area contributed by atoms with E-state index in [0.717, 1.165) is 5.56 Å². The molecule has 0 bridgehead atoms. The molecule has 1 aromatic rings. The number of carbonyl (C=O) groups is 1. The van der Waals surface area contributed by atoms with Crippen LogP contribution in [-0.2, 0) is 15.1 Å². The number of hydrogen-bond acceptors (Lipinski definition) is 4. The van der Waals surface area contributed by atoms with Gasteiger partial charge in [-0.25, -0.2) is 0 Å². The molecule has 4 nitrogen and oxygen atoms in total. The van der Waals surface area contributed by atoms with E-state index in [4.69, 9.17) is 4.74 Å². The van der Waals surface area contributed by atoms with E-state index in [1.54, 1.807) is 6.92 Å². The third-order valence-corrected chi connectivity index (χ3v) is 3.35. The summed E-state index contributed by atoms with van der Waals surface area (Å²) in [7, 11) is 0. The summed E-state index contributed by atoms with van der Waals surface area (Å²) in [6, 6.07) is 1.87. The quantitative estimate of drug-likeness (QED) is 0.710. The van der Waals surface area contributed by atoms with Gasteiger partial charge in [-0.05, 0) is 42.7 Å². The first-order chi connectivity index (χ1) is 8.56. The van der Waals surface area contributed by atoms with Gasteiger partial charge in [0.05, 0.1) is 6.54 Å². The zero-order valence-corrected chi connectivity index (χ0v) is 11.8. The Hall–Kier alpha value is -0.910. The summed E-state index contributed by atoms with van der Waals surface area (Å²) in [5, 5.41) is 16.7. The minimum atomic E-state index is -1.00. The average Bonchev–Trinajstić information content (AvgIpc) is 2.87. The van der Waals surface area contributed by atoms with Gasteiger partial charge in [0.15, 0.2) is 0 Å². The summed E-state index contributed by atoms with van der Waals surface area (Å²) >= 11 is 1.53. The van der Waals surface area contributed by atoms with Gasteiger partial charge in [0.2, 0.25) is 5.91 Å². The summed E-state index contributed by atoms with van der Waals surface area (Å²) in [4.78, 5) is 11.5. The lowest BCUT2D eigenvalue weighted by molar-refractivity contribution is -0.122. The van der Waals surface area contributed by atoms with Crippen LogP contribution >= 0.6 is 11.3 Å². The van der Waals surface area contributed by atoms with Crippen molar-refractivity contribution in [1.29, 1.82) is 0 Å². The predicted molar refractivity (Wildman–Crippen MR) is 72.6 cm³/mol. The number of carbonyl (C=O) groups excluding carboxylic acids is 1. The molecule has 1 atom stereocenters. The molecular formula is C13H21NO3S. The Morgan fingerprint density at radius 2 is 2.39 bits per heavy atom. The highest BCUT2D eigenvalue weighted by Gasteiger charge is 2.23. The summed E-state index contributed by atoms with van der Waals surface area (Å²) in [5.74, 6) is -0.0507. The fraction of sp³-hybridized carbons (Fsp3) is 0.615. The molecule has 0 radical (unpaired) electrons. The molecule has 0 saturated carbocycles. The van der Waals surface area contributed by atoms with E-state index < -0.39 is 5.60 Å². The standard InChI is InChI=1S/C13H21NO3S/c1-3-17-7-4-5-12(15)14-10-13(2,16)11-6-8-18-9-11/h6,8-9,16H,3-5,7,10H2,1-2H3,(H,14,15). The first-order valence-corrected chi connectivity index (χ1v) is 7.10. The number of amides is 1. The SMILES string of the molecule is CCOCCCC(=O)NCC(C)(O)c1ccsc1. The molecule has 18 heavy (non-hydrogen) atoms. The van der Waals surface area contributed by atoms with Crippen LogP contribution in [0.3, 0.4) is 0 Å². The van der Waals surface area contributed by atoms with Gasteiger partial charge in [0, 0.05) is 19.6 Å². The molecule has 1 amide bonds. The third kappa shape index (κ3) is 5.16. The molecule has 0 aliphatic rings. The maximum Gasteiger partial charge on any atom is 0.220 e. The molecule has 1 aromatic heterocycles. The van der Waals surface area contributed by atoms with Crippen molar-refractivity contribution in [2.24, 2.45) is 0 Å². The molecule has 102 valence electrons. The number of ether oxygens (including phenoxy) is 1. The fourth-order valence-corrected chi connectivity index (χ4v) is 2.29. The molecule has 5 heteroatoms. The Bertz CT molecular complexity index is 349. The van der Waals surface area contributed by atoms with E-state index in [1.165, 1.54) is 11.3 Å². The van der Waals surface area contributed by atoms with Gasteiger partial charge in [0.25, 0.3) is 0 Å². The molecule has 1 heterocycles. The van der Waals surface area contributed by atoms with Gasteiger partial charge in [-0.15, -0.1) is 0 Å². The summed E-state index contributed by atoms with van der Waals surface area (Å²) in [6.07, 6.45) is 1.14. The second kappa shape index (κ2) is 7.51. The van der Waals surface area contributed by atoms with Gasteiger partial charge in [-0.1, -0.05) is 0 Å². The van der Waals surface area contributed by atoms with Gasteiger partial charge in [0.1, 0.15) is 5.60 Å². The van der Waals surface area contributed by atoms with E-state index in [0.29, 0.717) is 26.1 Å². The Morgan fingerprint density at radius 1 is 1.61 bits per heavy atom. The molecule has 0 aliphatic carbocycles. The summed E-state index contributed by atoms with van der Waals surface area (Å²) in [6.45, 7) is 5.14. The molecule has 1 unspecified atom stereocenters. The third-order valence-electron chi connectivity index (χ3n) is 2.67. The first kappa shape index (κ1) is 15.1. The van der Waals surface area contributed by atoms with Crippen molar-refractivity contribution in [1.82, 2.24) is 5.32 Å². The van der Waals surface area contributed by atoms with E-state index in [2.05, 4.69) is 5.32 Å². The van der Waals surface area contributed by atoms with Crippen LogP contribution in [0, 0.1) is 0 Å². The lowest BCUT2D eigenvalue weighted by Gasteiger charge is -2.22. The number of aliphatic hydroxyl groups is 1. The van der Waals surface area contributed by atoms with Crippen LogP contribution in [0.5, 0.6) is 0 Å². The normalized spacial score (nSPS) is 14.2. The zero-order valence-electron chi connectivity index (χ0n) is 10.9. The Balaban J connectivity index is 2.25. The Labute approximate surface area is 112 Å². The molecule has 0 aromatic carbocycles. The van der Waals surface area contributed by atoms with Crippen molar-refractivity contribution in [2.45, 2.75) is 32.3 Å². The van der Waals surface area contributed by atoms with E-state index in [-0.39, 0.29) is 12.5 Å². The molecule has 1 rings (SSSR count). The van der Waals surface area contributed by atoms with Crippen molar-refractivity contribution in [3.05, 3.63) is 22.4 Å². The minimum absolute atomic E-state index is 0.0507. The maximum atomic E-state index is 11.5. The summed E-state index contributed by atoms with van der Waals surface area (Å²) < 4.78 is 5.16. The molecule has 0 fully saturated rings. The number of thiophene rings is 1. The van der Waals surface area contributed by atoms with Crippen LogP contribution in [-0.4, -0.2) is 30.8 Å². The Morgan fingerprint density at radius 3 is 3.00 bits per heavy atom. The van der Waals surface area contributed by atoms with Gasteiger partial charge < -0.3 is 15.2 Å². The number of hydrogen-bond donors (Lipinski definition) is 2. The van der Waals surface area contributed by atoms with Crippen molar-refractivity contribution in [2.75, 3.05) is 19.8 Å². The van der Waals surface area contributed by atoms with E-state index in [9.17, 15) is 9.90 Å². The highest BCUT2D eigenvalue weighted by atomic mass is 32.1. The lowest BCUT2D eigenvalue weighted by atomic mass is 9.99. The molecule has 2 N–H and O–H groups in total. The highest BCUT2D eigenvalue weighted by Crippen LogP contribution is 2.21. The predicted octanol–water partition coefficient (Wildman–Crippen LogP) is 1.89. The number of nitrogens with one attached hydrogen (secondary N) is 1. The largest absolute Gasteiger partial charge is 0.384 e. The van der Waals surface area contributed by atoms with Crippen LogP contribution in [0.15, 0.2) is 16.8 Å². The highest BCUT2D eigenvalue weighted by molar-refractivity contribution is 7.08. The molecule has 0 aliphatic heterocycles. The zero-order chi connectivity index (χ0) is 13.4. The number of rotatable bonds is 8. The molecule has 0 saturated heterocycles. The molecule has 0 spiro atoms. The minimum Gasteiger partial charge on any atom is -0.384 e. The Kier molecular flexibility index (Phi) is 6.32. The molecular weight excluding hydrogens is 250 g/mol. The fourth-order valence-electron chi connectivity index (χ4n) is 1.51. The summed E-state index contributed by atoms with van der Waals surface area (Å²) in [5.41, 5.74) is -0.169. The van der Waals surface area contributed by atoms with Gasteiger partial charge in [-0.2, -0.15) is 11.3 Å². The van der Waals surface area contributed by atoms with E-state index in [1.807, 2.05) is 23.8 Å². The average molecular weight is 271 g/mol.